The maximum Gasteiger partial charge on any atom is 0.310 e. The molecule has 136 valence electrons. The Balaban J connectivity index is 0.000000257. The monoisotopic (exact) mass is 365 g/mol. The zero-order valence-corrected chi connectivity index (χ0v) is 15.1. The predicted octanol–water partition coefficient (Wildman–Crippen LogP) is 2.22. The van der Waals surface area contributed by atoms with Crippen molar-refractivity contribution < 1.29 is 22.5 Å². The van der Waals surface area contributed by atoms with Crippen molar-refractivity contribution in [2.45, 2.75) is 18.2 Å². The number of aryl methyl sites for hydroxylation is 1. The molecule has 2 rings (SSSR count). The Labute approximate surface area is 148 Å². The van der Waals surface area contributed by atoms with Gasteiger partial charge in [0.05, 0.1) is 17.9 Å². The molecule has 0 heterocycles. The fourth-order valence-corrected chi connectivity index (χ4v) is 2.52. The Morgan fingerprint density at radius 3 is 2.12 bits per heavy atom. The van der Waals surface area contributed by atoms with Crippen LogP contribution in [0.4, 0.5) is 0 Å². The normalized spacial score (nSPS) is 11.8. The van der Waals surface area contributed by atoms with E-state index in [1.165, 1.54) is 19.2 Å². The SMILES string of the molecule is COC(=O)[C@@H](CN)Cc1ccccc1.Cc1ccc(S(=O)(=O)O)cc1. The molecule has 0 aliphatic heterocycles. The van der Waals surface area contributed by atoms with Gasteiger partial charge in [0.2, 0.25) is 0 Å². The summed E-state index contributed by atoms with van der Waals surface area (Å²) < 4.78 is 34.2. The van der Waals surface area contributed by atoms with Gasteiger partial charge in [0.1, 0.15) is 0 Å². The lowest BCUT2D eigenvalue weighted by Crippen LogP contribution is -2.26. The molecule has 6 nitrogen and oxygen atoms in total. The van der Waals surface area contributed by atoms with Crippen LogP contribution in [-0.4, -0.2) is 32.6 Å². The molecule has 3 N–H and O–H groups in total. The smallest absolute Gasteiger partial charge is 0.310 e. The van der Waals surface area contributed by atoms with Crippen LogP contribution >= 0.6 is 0 Å². The second-order valence-corrected chi connectivity index (χ2v) is 6.86. The second kappa shape index (κ2) is 9.93. The van der Waals surface area contributed by atoms with Crippen LogP contribution in [0.2, 0.25) is 0 Å². The quantitative estimate of drug-likeness (QED) is 0.621. The van der Waals surface area contributed by atoms with Crippen molar-refractivity contribution in [2.75, 3.05) is 13.7 Å². The van der Waals surface area contributed by atoms with Crippen molar-refractivity contribution in [2.24, 2.45) is 11.7 Å². The Bertz CT molecular complexity index is 758. The largest absolute Gasteiger partial charge is 0.469 e. The minimum atomic E-state index is -4.02. The lowest BCUT2D eigenvalue weighted by Gasteiger charge is -2.11. The van der Waals surface area contributed by atoms with Crippen LogP contribution in [0.25, 0.3) is 0 Å². The maximum atomic E-state index is 11.2. The zero-order valence-electron chi connectivity index (χ0n) is 14.3. The van der Waals surface area contributed by atoms with E-state index in [9.17, 15) is 13.2 Å². The van der Waals surface area contributed by atoms with E-state index in [0.29, 0.717) is 13.0 Å². The van der Waals surface area contributed by atoms with Crippen LogP contribution in [0.5, 0.6) is 0 Å². The first-order chi connectivity index (χ1) is 11.8. The lowest BCUT2D eigenvalue weighted by atomic mass is 10.00. The van der Waals surface area contributed by atoms with Gasteiger partial charge in [0, 0.05) is 6.54 Å². The van der Waals surface area contributed by atoms with Crippen LogP contribution in [0, 0.1) is 12.8 Å². The summed E-state index contributed by atoms with van der Waals surface area (Å²) in [5.41, 5.74) is 7.56. The number of nitrogens with two attached hydrogens (primary N) is 1. The number of hydrogen-bond acceptors (Lipinski definition) is 5. The van der Waals surface area contributed by atoms with Gasteiger partial charge >= 0.3 is 5.97 Å². The summed E-state index contributed by atoms with van der Waals surface area (Å²) >= 11 is 0. The van der Waals surface area contributed by atoms with Gasteiger partial charge in [-0.3, -0.25) is 9.35 Å². The van der Waals surface area contributed by atoms with E-state index in [0.717, 1.165) is 11.1 Å². The Hall–Kier alpha value is -2.22. The fourth-order valence-electron chi connectivity index (χ4n) is 2.04. The standard InChI is InChI=1S/C11H15NO2.C7H8O3S/c1-14-11(13)10(8-12)7-9-5-3-2-4-6-9;1-6-2-4-7(5-3-6)11(8,9)10/h2-6,10H,7-8,12H2,1H3;2-5H,1H3,(H,8,9,10)/t10-;/m1./s1. The topological polar surface area (TPSA) is 107 Å². The van der Waals surface area contributed by atoms with Gasteiger partial charge in [0.15, 0.2) is 0 Å². The molecule has 0 aliphatic rings. The number of rotatable bonds is 5. The summed E-state index contributed by atoms with van der Waals surface area (Å²) in [5.74, 6) is -0.473. The highest BCUT2D eigenvalue weighted by Crippen LogP contribution is 2.09. The highest BCUT2D eigenvalue weighted by molar-refractivity contribution is 7.85. The molecule has 2 aromatic rings. The molecule has 0 saturated heterocycles. The molecule has 0 unspecified atom stereocenters. The molecule has 25 heavy (non-hydrogen) atoms. The van der Waals surface area contributed by atoms with Crippen molar-refractivity contribution in [3.05, 3.63) is 65.7 Å². The van der Waals surface area contributed by atoms with Gasteiger partial charge in [-0.25, -0.2) is 0 Å². The molecular formula is C18H23NO5S. The first-order valence-electron chi connectivity index (χ1n) is 7.64. The highest BCUT2D eigenvalue weighted by atomic mass is 32.2. The summed E-state index contributed by atoms with van der Waals surface area (Å²) in [6.45, 7) is 2.16. The molecule has 0 spiro atoms. The third-order valence-electron chi connectivity index (χ3n) is 3.46. The first-order valence-corrected chi connectivity index (χ1v) is 9.08. The lowest BCUT2D eigenvalue weighted by molar-refractivity contribution is -0.145. The van der Waals surface area contributed by atoms with E-state index in [1.54, 1.807) is 12.1 Å². The molecule has 0 aliphatic carbocycles. The predicted molar refractivity (Wildman–Crippen MR) is 95.7 cm³/mol. The van der Waals surface area contributed by atoms with Gasteiger partial charge in [0.25, 0.3) is 10.1 Å². The van der Waals surface area contributed by atoms with Crippen molar-refractivity contribution in [1.82, 2.24) is 0 Å². The third-order valence-corrected chi connectivity index (χ3v) is 4.33. The van der Waals surface area contributed by atoms with Crippen molar-refractivity contribution in [3.8, 4) is 0 Å². The number of methoxy groups -OCH3 is 1. The Morgan fingerprint density at radius 1 is 1.12 bits per heavy atom. The summed E-state index contributed by atoms with van der Waals surface area (Å²) in [4.78, 5) is 11.2. The van der Waals surface area contributed by atoms with Gasteiger partial charge in [-0.15, -0.1) is 0 Å². The van der Waals surface area contributed by atoms with Crippen molar-refractivity contribution >= 4 is 16.1 Å². The number of hydrogen-bond donors (Lipinski definition) is 2. The van der Waals surface area contributed by atoms with E-state index in [4.69, 9.17) is 10.3 Å². The number of carbonyl (C=O) groups excluding carboxylic acids is 1. The van der Waals surface area contributed by atoms with Crippen LogP contribution < -0.4 is 5.73 Å². The third kappa shape index (κ3) is 7.47. The summed E-state index contributed by atoms with van der Waals surface area (Å²) in [5, 5.41) is 0. The Morgan fingerprint density at radius 2 is 1.68 bits per heavy atom. The molecular weight excluding hydrogens is 342 g/mol. The Kier molecular flexibility index (Phi) is 8.27. The van der Waals surface area contributed by atoms with Crippen molar-refractivity contribution in [1.29, 1.82) is 0 Å². The number of esters is 1. The zero-order chi connectivity index (χ0) is 18.9. The first kappa shape index (κ1) is 20.8. The molecule has 0 aromatic heterocycles. The van der Waals surface area contributed by atoms with Crippen molar-refractivity contribution in [3.63, 3.8) is 0 Å². The summed E-state index contributed by atoms with van der Waals surface area (Å²) in [7, 11) is -2.63. The van der Waals surface area contributed by atoms with E-state index in [-0.39, 0.29) is 16.8 Å². The van der Waals surface area contributed by atoms with Crippen LogP contribution in [0.1, 0.15) is 11.1 Å². The number of benzene rings is 2. The molecule has 0 bridgehead atoms. The summed E-state index contributed by atoms with van der Waals surface area (Å²) in [6, 6.07) is 15.8. The minimum absolute atomic E-state index is 0.0666. The van der Waals surface area contributed by atoms with E-state index >= 15 is 0 Å². The summed E-state index contributed by atoms with van der Waals surface area (Å²) in [6.07, 6.45) is 0.643. The van der Waals surface area contributed by atoms with E-state index in [2.05, 4.69) is 4.74 Å². The average Bonchev–Trinajstić information content (AvgIpc) is 2.60. The molecule has 0 amide bonds. The van der Waals surface area contributed by atoms with Gasteiger partial charge in [-0.05, 0) is 31.0 Å². The van der Waals surface area contributed by atoms with Gasteiger partial charge < -0.3 is 10.5 Å². The number of carbonyl (C=O) groups is 1. The molecule has 7 heteroatoms. The van der Waals surface area contributed by atoms with Crippen LogP contribution in [0.15, 0.2) is 59.5 Å². The average molecular weight is 365 g/mol. The van der Waals surface area contributed by atoms with E-state index in [1.807, 2.05) is 37.3 Å². The minimum Gasteiger partial charge on any atom is -0.469 e. The van der Waals surface area contributed by atoms with Crippen LogP contribution in [0.3, 0.4) is 0 Å². The van der Waals surface area contributed by atoms with Gasteiger partial charge in [-0.2, -0.15) is 8.42 Å². The molecule has 0 fully saturated rings. The fraction of sp³-hybridized carbons (Fsp3) is 0.278. The highest BCUT2D eigenvalue weighted by Gasteiger charge is 2.17. The maximum absolute atomic E-state index is 11.2. The second-order valence-electron chi connectivity index (χ2n) is 5.43. The van der Waals surface area contributed by atoms with E-state index < -0.39 is 10.1 Å². The molecule has 0 saturated carbocycles. The molecule has 2 aromatic carbocycles. The molecule has 0 radical (unpaired) electrons. The number of ether oxygens (including phenoxy) is 1. The van der Waals surface area contributed by atoms with Gasteiger partial charge in [-0.1, -0.05) is 48.0 Å². The van der Waals surface area contributed by atoms with Crippen LogP contribution in [-0.2, 0) is 26.1 Å². The molecule has 1 atom stereocenters.